The molecule has 0 saturated heterocycles. The second kappa shape index (κ2) is 7.31. The van der Waals surface area contributed by atoms with E-state index in [2.05, 4.69) is 5.32 Å². The summed E-state index contributed by atoms with van der Waals surface area (Å²) in [6.07, 6.45) is 1.55. The second-order valence-electron chi connectivity index (χ2n) is 5.33. The van der Waals surface area contributed by atoms with Gasteiger partial charge in [0, 0.05) is 4.90 Å². The van der Waals surface area contributed by atoms with E-state index in [0.29, 0.717) is 11.5 Å². The molecule has 124 valence electrons. The molecule has 3 rings (SSSR count). The van der Waals surface area contributed by atoms with Crippen molar-refractivity contribution in [3.63, 3.8) is 0 Å². The molecule has 0 radical (unpaired) electrons. The molecule has 1 aromatic carbocycles. The number of carbonyl (C=O) groups excluding carboxylic acids is 1. The fourth-order valence-electron chi connectivity index (χ4n) is 2.15. The Kier molecular flexibility index (Phi) is 4.96. The summed E-state index contributed by atoms with van der Waals surface area (Å²) in [5.74, 6) is 1.26. The maximum atomic E-state index is 12.3. The summed E-state index contributed by atoms with van der Waals surface area (Å²) in [6.45, 7) is 2.27. The van der Waals surface area contributed by atoms with E-state index in [1.807, 2.05) is 31.2 Å². The standard InChI is InChI=1S/C18H17NO4S/c1-13-4-7-16(8-5-13)24(21)12-15-6-9-17(23-15)18(20)19-11-14-3-2-10-22-14/h2-10H,11-12H2,1H3,(H,19,20)/t24-/m0/s1. The Hall–Kier alpha value is -2.60. The summed E-state index contributed by atoms with van der Waals surface area (Å²) >= 11 is 0. The summed E-state index contributed by atoms with van der Waals surface area (Å²) < 4.78 is 23.0. The lowest BCUT2D eigenvalue weighted by molar-refractivity contribution is 0.0919. The van der Waals surface area contributed by atoms with E-state index in [0.717, 1.165) is 10.5 Å². The average molecular weight is 343 g/mol. The lowest BCUT2D eigenvalue weighted by atomic mass is 10.2. The molecule has 0 aliphatic carbocycles. The minimum Gasteiger partial charge on any atom is -0.467 e. The second-order valence-corrected chi connectivity index (χ2v) is 6.78. The third-order valence-electron chi connectivity index (χ3n) is 3.45. The van der Waals surface area contributed by atoms with E-state index in [4.69, 9.17) is 8.83 Å². The van der Waals surface area contributed by atoms with Crippen molar-refractivity contribution in [1.29, 1.82) is 0 Å². The molecular weight excluding hydrogens is 326 g/mol. The van der Waals surface area contributed by atoms with Crippen molar-refractivity contribution in [2.45, 2.75) is 24.1 Å². The van der Waals surface area contributed by atoms with Crippen molar-refractivity contribution in [3.8, 4) is 0 Å². The molecule has 0 bridgehead atoms. The number of aryl methyl sites for hydroxylation is 1. The number of hydrogen-bond acceptors (Lipinski definition) is 4. The van der Waals surface area contributed by atoms with Gasteiger partial charge in [-0.15, -0.1) is 0 Å². The SMILES string of the molecule is Cc1ccc([S@@](=O)Cc2ccc(C(=O)NCc3ccco3)o2)cc1. The van der Waals surface area contributed by atoms with E-state index in [1.54, 1.807) is 30.5 Å². The Morgan fingerprint density at radius 2 is 1.88 bits per heavy atom. The zero-order valence-corrected chi connectivity index (χ0v) is 14.0. The van der Waals surface area contributed by atoms with Crippen LogP contribution in [0.2, 0.25) is 0 Å². The number of hydrogen-bond donors (Lipinski definition) is 1. The number of amides is 1. The van der Waals surface area contributed by atoms with Gasteiger partial charge in [-0.25, -0.2) is 0 Å². The molecule has 1 amide bonds. The highest BCUT2D eigenvalue weighted by Crippen LogP contribution is 2.16. The van der Waals surface area contributed by atoms with Gasteiger partial charge in [-0.2, -0.15) is 0 Å². The first-order valence-corrected chi connectivity index (χ1v) is 8.78. The molecule has 5 nitrogen and oxygen atoms in total. The lowest BCUT2D eigenvalue weighted by Crippen LogP contribution is -2.21. The number of benzene rings is 1. The van der Waals surface area contributed by atoms with Crippen LogP contribution < -0.4 is 5.32 Å². The van der Waals surface area contributed by atoms with Gasteiger partial charge in [-0.3, -0.25) is 9.00 Å². The van der Waals surface area contributed by atoms with E-state index >= 15 is 0 Å². The molecule has 1 atom stereocenters. The van der Waals surface area contributed by atoms with Crippen LogP contribution in [0.3, 0.4) is 0 Å². The van der Waals surface area contributed by atoms with Crippen LogP contribution in [0.25, 0.3) is 0 Å². The predicted octanol–water partition coefficient (Wildman–Crippen LogP) is 3.42. The quantitative estimate of drug-likeness (QED) is 0.744. The molecule has 1 N–H and O–H groups in total. The van der Waals surface area contributed by atoms with Crippen LogP contribution in [0, 0.1) is 6.92 Å². The van der Waals surface area contributed by atoms with Gasteiger partial charge in [0.1, 0.15) is 11.5 Å². The summed E-state index contributed by atoms with van der Waals surface area (Å²) in [5.41, 5.74) is 1.12. The zero-order valence-electron chi connectivity index (χ0n) is 13.2. The fraction of sp³-hybridized carbons (Fsp3) is 0.167. The van der Waals surface area contributed by atoms with Crippen molar-refractivity contribution < 1.29 is 17.8 Å². The van der Waals surface area contributed by atoms with Crippen molar-refractivity contribution in [3.05, 3.63) is 77.6 Å². The highest BCUT2D eigenvalue weighted by atomic mass is 32.2. The first-order chi connectivity index (χ1) is 11.6. The molecule has 3 aromatic rings. The first-order valence-electron chi connectivity index (χ1n) is 7.46. The van der Waals surface area contributed by atoms with Gasteiger partial charge in [-0.1, -0.05) is 17.7 Å². The van der Waals surface area contributed by atoms with Gasteiger partial charge in [-0.05, 0) is 43.3 Å². The first kappa shape index (κ1) is 16.3. The predicted molar refractivity (Wildman–Crippen MR) is 89.9 cm³/mol. The van der Waals surface area contributed by atoms with Gasteiger partial charge in [0.05, 0.1) is 29.4 Å². The molecule has 2 heterocycles. The molecular formula is C18H17NO4S. The van der Waals surface area contributed by atoms with Crippen LogP contribution in [-0.2, 0) is 23.1 Å². The normalized spacial score (nSPS) is 12.0. The van der Waals surface area contributed by atoms with Gasteiger partial charge in [0.25, 0.3) is 5.91 Å². The Morgan fingerprint density at radius 1 is 1.08 bits per heavy atom. The summed E-state index contributed by atoms with van der Waals surface area (Å²) in [4.78, 5) is 12.8. The third kappa shape index (κ3) is 4.02. The van der Waals surface area contributed by atoms with E-state index in [9.17, 15) is 9.00 Å². The molecule has 0 saturated carbocycles. The Labute approximate surface area is 142 Å². The summed E-state index contributed by atoms with van der Waals surface area (Å²) in [5, 5.41) is 2.70. The van der Waals surface area contributed by atoms with Gasteiger partial charge in [0.15, 0.2) is 5.76 Å². The van der Waals surface area contributed by atoms with Gasteiger partial charge in [0.2, 0.25) is 0 Å². The fourth-order valence-corrected chi connectivity index (χ4v) is 3.17. The third-order valence-corrected chi connectivity index (χ3v) is 4.79. The average Bonchev–Trinajstić information content (AvgIpc) is 3.25. The molecule has 24 heavy (non-hydrogen) atoms. The van der Waals surface area contributed by atoms with Crippen LogP contribution >= 0.6 is 0 Å². The minimum atomic E-state index is -1.21. The minimum absolute atomic E-state index is 0.192. The van der Waals surface area contributed by atoms with E-state index < -0.39 is 10.8 Å². The van der Waals surface area contributed by atoms with Crippen molar-refractivity contribution in [2.24, 2.45) is 0 Å². The highest BCUT2D eigenvalue weighted by Gasteiger charge is 2.14. The van der Waals surface area contributed by atoms with Crippen LogP contribution in [0.15, 0.2) is 68.5 Å². The van der Waals surface area contributed by atoms with Gasteiger partial charge < -0.3 is 14.2 Å². The number of rotatable bonds is 6. The Bertz CT molecular complexity index is 834. The zero-order chi connectivity index (χ0) is 16.9. The summed E-state index contributed by atoms with van der Waals surface area (Å²) in [7, 11) is -1.21. The lowest BCUT2D eigenvalue weighted by Gasteiger charge is -2.02. The topological polar surface area (TPSA) is 72.5 Å². The van der Waals surface area contributed by atoms with E-state index in [-0.39, 0.29) is 24.0 Å². The molecule has 0 spiro atoms. The maximum absolute atomic E-state index is 12.3. The maximum Gasteiger partial charge on any atom is 0.287 e. The largest absolute Gasteiger partial charge is 0.467 e. The Balaban J connectivity index is 1.59. The van der Waals surface area contributed by atoms with Crippen molar-refractivity contribution >= 4 is 16.7 Å². The van der Waals surface area contributed by atoms with Crippen LogP contribution in [0.1, 0.15) is 27.6 Å². The van der Waals surface area contributed by atoms with Crippen LogP contribution in [-0.4, -0.2) is 10.1 Å². The molecule has 0 aliphatic rings. The molecule has 0 fully saturated rings. The number of carbonyl (C=O) groups is 1. The van der Waals surface area contributed by atoms with Crippen LogP contribution in [0.5, 0.6) is 0 Å². The highest BCUT2D eigenvalue weighted by molar-refractivity contribution is 7.84. The molecule has 6 heteroatoms. The molecule has 2 aromatic heterocycles. The number of nitrogens with one attached hydrogen (secondary N) is 1. The Morgan fingerprint density at radius 3 is 2.58 bits per heavy atom. The molecule has 0 unspecified atom stereocenters. The smallest absolute Gasteiger partial charge is 0.287 e. The van der Waals surface area contributed by atoms with E-state index in [1.165, 1.54) is 0 Å². The van der Waals surface area contributed by atoms with Crippen molar-refractivity contribution in [1.82, 2.24) is 5.32 Å². The van der Waals surface area contributed by atoms with Gasteiger partial charge >= 0.3 is 0 Å². The molecule has 0 aliphatic heterocycles. The van der Waals surface area contributed by atoms with Crippen LogP contribution in [0.4, 0.5) is 0 Å². The van der Waals surface area contributed by atoms with Crippen molar-refractivity contribution in [2.75, 3.05) is 0 Å². The monoisotopic (exact) mass is 343 g/mol. The number of furan rings is 2. The summed E-state index contributed by atoms with van der Waals surface area (Å²) in [6, 6.07) is 14.3.